The number of hydrogen-bond donors (Lipinski definition) is 1. The molecule has 1 aliphatic rings. The smallest absolute Gasteiger partial charge is 0.119 e. The molecule has 0 radical (unpaired) electrons. The van der Waals surface area contributed by atoms with Crippen LogP contribution in [0.25, 0.3) is 0 Å². The Morgan fingerprint density at radius 2 is 2.24 bits per heavy atom. The first-order valence-electron chi connectivity index (χ1n) is 7.57. The molecule has 0 fully saturated rings. The van der Waals surface area contributed by atoms with E-state index in [2.05, 4.69) is 41.5 Å². The van der Waals surface area contributed by atoms with Crippen LogP contribution in [0.15, 0.2) is 36.7 Å². The van der Waals surface area contributed by atoms with Crippen LogP contribution in [0.3, 0.4) is 0 Å². The average Bonchev–Trinajstić information content (AvgIpc) is 2.53. The molecule has 0 bridgehead atoms. The number of ether oxygens (including phenoxy) is 1. The lowest BCUT2D eigenvalue weighted by Gasteiger charge is -2.27. The summed E-state index contributed by atoms with van der Waals surface area (Å²) in [7, 11) is 1.73. The minimum atomic E-state index is 0.406. The van der Waals surface area contributed by atoms with Crippen molar-refractivity contribution in [1.82, 2.24) is 10.3 Å². The Labute approximate surface area is 126 Å². The predicted molar refractivity (Wildman–Crippen MR) is 84.5 cm³/mol. The molecule has 1 unspecified atom stereocenters. The highest BCUT2D eigenvalue weighted by atomic mass is 16.5. The van der Waals surface area contributed by atoms with E-state index in [1.165, 1.54) is 41.5 Å². The molecule has 110 valence electrons. The molecule has 21 heavy (non-hydrogen) atoms. The Morgan fingerprint density at radius 1 is 1.33 bits per heavy atom. The lowest BCUT2D eigenvalue weighted by Crippen LogP contribution is -2.25. The third-order valence-corrected chi connectivity index (χ3v) is 4.35. The van der Waals surface area contributed by atoms with E-state index in [0.717, 1.165) is 12.3 Å². The van der Waals surface area contributed by atoms with Crippen molar-refractivity contribution in [2.45, 2.75) is 38.8 Å². The van der Waals surface area contributed by atoms with Crippen LogP contribution >= 0.6 is 0 Å². The number of methoxy groups -OCH3 is 1. The lowest BCUT2D eigenvalue weighted by atomic mass is 9.87. The largest absolute Gasteiger partial charge is 0.497 e. The zero-order valence-electron chi connectivity index (χ0n) is 12.7. The fourth-order valence-corrected chi connectivity index (χ4v) is 3.03. The number of nitrogens with one attached hydrogen (secondary N) is 1. The summed E-state index contributed by atoms with van der Waals surface area (Å²) >= 11 is 0. The number of nitrogens with zero attached hydrogens (tertiary/aromatic N) is 1. The zero-order valence-corrected chi connectivity index (χ0v) is 12.7. The summed E-state index contributed by atoms with van der Waals surface area (Å²) in [6, 6.07) is 8.92. The fraction of sp³-hybridized carbons (Fsp3) is 0.389. The van der Waals surface area contributed by atoms with Crippen LogP contribution in [-0.2, 0) is 13.0 Å². The molecule has 0 amide bonds. The third-order valence-electron chi connectivity index (χ3n) is 4.35. The topological polar surface area (TPSA) is 34.1 Å². The van der Waals surface area contributed by atoms with Gasteiger partial charge in [0.2, 0.25) is 0 Å². The maximum atomic E-state index is 5.37. The molecule has 0 saturated heterocycles. The summed E-state index contributed by atoms with van der Waals surface area (Å²) < 4.78 is 5.37. The molecule has 1 heterocycles. The van der Waals surface area contributed by atoms with Crippen LogP contribution in [0.1, 0.15) is 41.1 Å². The van der Waals surface area contributed by atoms with Crippen molar-refractivity contribution in [1.29, 1.82) is 0 Å². The molecule has 1 aliphatic carbocycles. The Morgan fingerprint density at radius 3 is 3.05 bits per heavy atom. The van der Waals surface area contributed by atoms with Gasteiger partial charge in [0.15, 0.2) is 0 Å². The second-order valence-corrected chi connectivity index (χ2v) is 5.69. The zero-order chi connectivity index (χ0) is 14.7. The van der Waals surface area contributed by atoms with Gasteiger partial charge in [-0.15, -0.1) is 0 Å². The molecular formula is C18H22N2O. The van der Waals surface area contributed by atoms with Crippen LogP contribution in [0.5, 0.6) is 5.75 Å². The van der Waals surface area contributed by atoms with Crippen molar-refractivity contribution in [3.8, 4) is 5.75 Å². The normalized spacial score (nSPS) is 17.3. The number of benzene rings is 1. The molecule has 3 heteroatoms. The van der Waals surface area contributed by atoms with Gasteiger partial charge in [0.25, 0.3) is 0 Å². The molecule has 2 aromatic rings. The molecule has 0 aliphatic heterocycles. The quantitative estimate of drug-likeness (QED) is 0.931. The maximum Gasteiger partial charge on any atom is 0.119 e. The predicted octanol–water partition coefficient (Wildman–Crippen LogP) is 3.57. The molecule has 0 saturated carbocycles. The van der Waals surface area contributed by atoms with Gasteiger partial charge in [0, 0.05) is 25.0 Å². The van der Waals surface area contributed by atoms with E-state index in [0.29, 0.717) is 6.04 Å². The van der Waals surface area contributed by atoms with E-state index in [1.807, 2.05) is 12.4 Å². The van der Waals surface area contributed by atoms with Crippen molar-refractivity contribution in [2.75, 3.05) is 7.11 Å². The summed E-state index contributed by atoms with van der Waals surface area (Å²) in [6.45, 7) is 3.00. The fourth-order valence-electron chi connectivity index (χ4n) is 3.03. The number of rotatable bonds is 4. The van der Waals surface area contributed by atoms with Gasteiger partial charge < -0.3 is 10.1 Å². The molecule has 1 aromatic heterocycles. The molecule has 3 rings (SSSR count). The standard InChI is InChI=1S/C18H22N2O/c1-13-8-9-19-11-15(13)12-20-18-5-3-4-14-6-7-16(21-2)10-17(14)18/h6-11,18,20H,3-5,12H2,1-2H3. The van der Waals surface area contributed by atoms with Gasteiger partial charge in [0.05, 0.1) is 7.11 Å². The number of pyridine rings is 1. The molecule has 1 aromatic carbocycles. The summed E-state index contributed by atoms with van der Waals surface area (Å²) in [5.41, 5.74) is 5.40. The van der Waals surface area contributed by atoms with Crippen LogP contribution in [0, 0.1) is 6.92 Å². The molecule has 0 spiro atoms. The number of aryl methyl sites for hydroxylation is 2. The van der Waals surface area contributed by atoms with Crippen molar-refractivity contribution < 1.29 is 4.74 Å². The monoisotopic (exact) mass is 282 g/mol. The van der Waals surface area contributed by atoms with Crippen molar-refractivity contribution >= 4 is 0 Å². The summed E-state index contributed by atoms with van der Waals surface area (Å²) in [4.78, 5) is 4.22. The van der Waals surface area contributed by atoms with Crippen LogP contribution in [-0.4, -0.2) is 12.1 Å². The second kappa shape index (κ2) is 6.27. The second-order valence-electron chi connectivity index (χ2n) is 5.69. The summed E-state index contributed by atoms with van der Waals surface area (Å²) in [6.07, 6.45) is 7.39. The highest BCUT2D eigenvalue weighted by Crippen LogP contribution is 2.32. The summed E-state index contributed by atoms with van der Waals surface area (Å²) in [5.74, 6) is 0.944. The Kier molecular flexibility index (Phi) is 4.20. The van der Waals surface area contributed by atoms with Gasteiger partial charge in [-0.05, 0) is 66.6 Å². The van der Waals surface area contributed by atoms with Crippen molar-refractivity contribution in [3.05, 3.63) is 58.9 Å². The number of hydrogen-bond acceptors (Lipinski definition) is 3. The van der Waals surface area contributed by atoms with Gasteiger partial charge in [0.1, 0.15) is 5.75 Å². The SMILES string of the molecule is COc1ccc2c(c1)C(NCc1cnccc1C)CCC2. The molecule has 1 N–H and O–H groups in total. The third kappa shape index (κ3) is 3.08. The van der Waals surface area contributed by atoms with Crippen molar-refractivity contribution in [2.24, 2.45) is 0 Å². The Balaban J connectivity index is 1.77. The first-order valence-corrected chi connectivity index (χ1v) is 7.57. The van der Waals surface area contributed by atoms with Gasteiger partial charge >= 0.3 is 0 Å². The summed E-state index contributed by atoms with van der Waals surface area (Å²) in [5, 5.41) is 3.69. The maximum absolute atomic E-state index is 5.37. The average molecular weight is 282 g/mol. The minimum absolute atomic E-state index is 0.406. The van der Waals surface area contributed by atoms with E-state index in [-0.39, 0.29) is 0 Å². The number of aromatic nitrogens is 1. The van der Waals surface area contributed by atoms with Gasteiger partial charge in [-0.3, -0.25) is 4.98 Å². The van der Waals surface area contributed by atoms with E-state index in [1.54, 1.807) is 7.11 Å². The molecule has 1 atom stereocenters. The highest BCUT2D eigenvalue weighted by molar-refractivity contribution is 5.39. The molecular weight excluding hydrogens is 260 g/mol. The first kappa shape index (κ1) is 14.1. The van der Waals surface area contributed by atoms with E-state index < -0.39 is 0 Å². The van der Waals surface area contributed by atoms with Crippen LogP contribution in [0.2, 0.25) is 0 Å². The van der Waals surface area contributed by atoms with Gasteiger partial charge in [-0.1, -0.05) is 6.07 Å². The lowest BCUT2D eigenvalue weighted by molar-refractivity contribution is 0.408. The van der Waals surface area contributed by atoms with Gasteiger partial charge in [-0.25, -0.2) is 0 Å². The van der Waals surface area contributed by atoms with Gasteiger partial charge in [-0.2, -0.15) is 0 Å². The molecule has 3 nitrogen and oxygen atoms in total. The van der Waals surface area contributed by atoms with Crippen LogP contribution in [0.4, 0.5) is 0 Å². The van der Waals surface area contributed by atoms with E-state index in [4.69, 9.17) is 4.74 Å². The van der Waals surface area contributed by atoms with Crippen molar-refractivity contribution in [3.63, 3.8) is 0 Å². The van der Waals surface area contributed by atoms with Crippen LogP contribution < -0.4 is 10.1 Å². The Bertz CT molecular complexity index is 624. The first-order chi connectivity index (χ1) is 10.3. The highest BCUT2D eigenvalue weighted by Gasteiger charge is 2.20. The van der Waals surface area contributed by atoms with E-state index in [9.17, 15) is 0 Å². The Hall–Kier alpha value is -1.87. The number of fused-ring (bicyclic) bond motifs is 1. The minimum Gasteiger partial charge on any atom is -0.497 e. The van der Waals surface area contributed by atoms with E-state index >= 15 is 0 Å².